The number of carbonyl (C=O) groups is 1. The summed E-state index contributed by atoms with van der Waals surface area (Å²) >= 11 is 0. The molecule has 0 bridgehead atoms. The number of anilines is 1. The van der Waals surface area contributed by atoms with Crippen LogP contribution in [0.2, 0.25) is 0 Å². The molecule has 0 unspecified atom stereocenters. The Morgan fingerprint density at radius 1 is 0.795 bits per heavy atom. The van der Waals surface area contributed by atoms with E-state index in [2.05, 4.69) is 35.5 Å². The predicted molar refractivity (Wildman–Crippen MR) is 150 cm³/mol. The van der Waals surface area contributed by atoms with Crippen LogP contribution in [-0.4, -0.2) is 41.0 Å². The van der Waals surface area contributed by atoms with E-state index in [1.165, 1.54) is 0 Å². The Morgan fingerprint density at radius 2 is 1.69 bits per heavy atom. The highest BCUT2D eigenvalue weighted by Gasteiger charge is 2.16. The van der Waals surface area contributed by atoms with Crippen molar-refractivity contribution in [2.75, 3.05) is 5.32 Å². The molecule has 5 aromatic heterocycles. The Morgan fingerprint density at radius 3 is 2.56 bits per heavy atom. The molecule has 0 fully saturated rings. The van der Waals surface area contributed by atoms with Crippen LogP contribution in [-0.2, 0) is 0 Å². The second kappa shape index (κ2) is 9.31. The van der Waals surface area contributed by atoms with Gasteiger partial charge in [0.25, 0.3) is 5.91 Å². The van der Waals surface area contributed by atoms with Crippen molar-refractivity contribution in [3.8, 4) is 33.9 Å². The van der Waals surface area contributed by atoms with Gasteiger partial charge in [0.15, 0.2) is 5.82 Å². The number of rotatable bonds is 5. The van der Waals surface area contributed by atoms with Gasteiger partial charge in [-0.05, 0) is 36.4 Å². The van der Waals surface area contributed by atoms with Gasteiger partial charge in [0.05, 0.1) is 40.3 Å². The molecule has 0 spiro atoms. The zero-order valence-electron chi connectivity index (χ0n) is 20.5. The highest BCUT2D eigenvalue weighted by molar-refractivity contribution is 6.04. The van der Waals surface area contributed by atoms with Crippen LogP contribution in [0.5, 0.6) is 0 Å². The molecule has 5 heterocycles. The maximum absolute atomic E-state index is 12.6. The van der Waals surface area contributed by atoms with Crippen LogP contribution in [0.4, 0.5) is 5.69 Å². The first kappa shape index (κ1) is 22.5. The molecule has 186 valence electrons. The number of carbonyl (C=O) groups excluding carboxylic acids is 1. The molecule has 0 atom stereocenters. The largest absolute Gasteiger partial charge is 0.337 e. The minimum atomic E-state index is -0.203. The number of pyridine rings is 3. The lowest BCUT2D eigenvalue weighted by atomic mass is 10.1. The molecule has 0 saturated heterocycles. The minimum absolute atomic E-state index is 0.203. The van der Waals surface area contributed by atoms with E-state index in [0.717, 1.165) is 38.6 Å². The molecule has 0 radical (unpaired) electrons. The average Bonchev–Trinajstić information content (AvgIpc) is 3.62. The lowest BCUT2D eigenvalue weighted by molar-refractivity contribution is 0.102. The van der Waals surface area contributed by atoms with Crippen LogP contribution >= 0.6 is 0 Å². The molecule has 9 nitrogen and oxygen atoms in total. The SMILES string of the molecule is O=C(Nc1cncc(-c2cc3c(-c4nc5c(-c6cccnc6)cccc5[nH]4)n[nH]c3cn2)c1)c1ccccc1. The number of hydrogen-bond donors (Lipinski definition) is 3. The van der Waals surface area contributed by atoms with Crippen molar-refractivity contribution in [3.05, 3.63) is 109 Å². The van der Waals surface area contributed by atoms with E-state index in [1.807, 2.05) is 66.9 Å². The zero-order chi connectivity index (χ0) is 26.2. The third-order valence-electron chi connectivity index (χ3n) is 6.48. The van der Waals surface area contributed by atoms with Gasteiger partial charge in [-0.25, -0.2) is 4.98 Å². The van der Waals surface area contributed by atoms with Crippen molar-refractivity contribution in [1.29, 1.82) is 0 Å². The number of H-pyrrole nitrogens is 2. The summed E-state index contributed by atoms with van der Waals surface area (Å²) in [5.41, 5.74) is 7.81. The summed E-state index contributed by atoms with van der Waals surface area (Å²) in [5.74, 6) is 0.442. The Balaban J connectivity index is 1.25. The topological polar surface area (TPSA) is 125 Å². The smallest absolute Gasteiger partial charge is 0.255 e. The molecule has 1 amide bonds. The number of nitrogens with zero attached hydrogens (tertiary/aromatic N) is 5. The molecule has 0 aliphatic heterocycles. The van der Waals surface area contributed by atoms with Gasteiger partial charge in [0.1, 0.15) is 5.69 Å². The average molecular weight is 509 g/mol. The monoisotopic (exact) mass is 508 g/mol. The van der Waals surface area contributed by atoms with Gasteiger partial charge in [0.2, 0.25) is 0 Å². The van der Waals surface area contributed by atoms with Gasteiger partial charge in [0, 0.05) is 46.2 Å². The molecule has 7 aromatic rings. The first-order valence-electron chi connectivity index (χ1n) is 12.3. The lowest BCUT2D eigenvalue weighted by Gasteiger charge is -2.07. The lowest BCUT2D eigenvalue weighted by Crippen LogP contribution is -2.11. The van der Waals surface area contributed by atoms with Crippen molar-refractivity contribution in [1.82, 2.24) is 35.1 Å². The number of para-hydroxylation sites is 1. The molecule has 0 saturated carbocycles. The van der Waals surface area contributed by atoms with Gasteiger partial charge in [-0.2, -0.15) is 5.10 Å². The van der Waals surface area contributed by atoms with Gasteiger partial charge < -0.3 is 10.3 Å². The number of fused-ring (bicyclic) bond motifs is 2. The number of nitrogens with one attached hydrogen (secondary N) is 3. The van der Waals surface area contributed by atoms with Crippen LogP contribution in [0.3, 0.4) is 0 Å². The summed E-state index contributed by atoms with van der Waals surface area (Å²) in [4.78, 5) is 34.1. The van der Waals surface area contributed by atoms with E-state index in [1.54, 1.807) is 36.9 Å². The molecule has 2 aromatic carbocycles. The Kier molecular flexibility index (Phi) is 5.37. The fourth-order valence-corrected chi connectivity index (χ4v) is 4.60. The van der Waals surface area contributed by atoms with E-state index < -0.39 is 0 Å². The number of benzene rings is 2. The van der Waals surface area contributed by atoms with Gasteiger partial charge in [-0.3, -0.25) is 24.8 Å². The first-order chi connectivity index (χ1) is 19.2. The summed E-state index contributed by atoms with van der Waals surface area (Å²) in [6.07, 6.45) is 8.65. The molecule has 9 heteroatoms. The van der Waals surface area contributed by atoms with Gasteiger partial charge in [-0.1, -0.05) is 36.4 Å². The molecule has 0 aliphatic rings. The third-order valence-corrected chi connectivity index (χ3v) is 6.48. The normalized spacial score (nSPS) is 11.2. The van der Waals surface area contributed by atoms with Crippen LogP contribution in [0.25, 0.3) is 55.8 Å². The summed E-state index contributed by atoms with van der Waals surface area (Å²) in [6.45, 7) is 0. The van der Waals surface area contributed by atoms with Crippen molar-refractivity contribution in [2.24, 2.45) is 0 Å². The number of imidazole rings is 1. The van der Waals surface area contributed by atoms with Crippen molar-refractivity contribution >= 4 is 33.5 Å². The Bertz CT molecular complexity index is 1960. The molecular formula is C30H20N8O. The van der Waals surface area contributed by atoms with Crippen molar-refractivity contribution < 1.29 is 4.79 Å². The maximum atomic E-state index is 12.6. The fourth-order valence-electron chi connectivity index (χ4n) is 4.60. The van der Waals surface area contributed by atoms with Crippen LogP contribution in [0.15, 0.2) is 104 Å². The van der Waals surface area contributed by atoms with Crippen molar-refractivity contribution in [3.63, 3.8) is 0 Å². The summed E-state index contributed by atoms with van der Waals surface area (Å²) < 4.78 is 0. The molecule has 3 N–H and O–H groups in total. The number of hydrogen-bond acceptors (Lipinski definition) is 6. The summed E-state index contributed by atoms with van der Waals surface area (Å²) in [6, 6.07) is 22.8. The maximum Gasteiger partial charge on any atom is 0.255 e. The molecule has 39 heavy (non-hydrogen) atoms. The molecule has 7 rings (SSSR count). The summed E-state index contributed by atoms with van der Waals surface area (Å²) in [5, 5.41) is 11.4. The zero-order valence-corrected chi connectivity index (χ0v) is 20.5. The number of aromatic nitrogens is 7. The Labute approximate surface area is 222 Å². The van der Waals surface area contributed by atoms with Gasteiger partial charge in [-0.15, -0.1) is 0 Å². The van der Waals surface area contributed by atoms with E-state index in [9.17, 15) is 4.79 Å². The highest BCUT2D eigenvalue weighted by atomic mass is 16.1. The van der Waals surface area contributed by atoms with E-state index in [0.29, 0.717) is 28.5 Å². The van der Waals surface area contributed by atoms with E-state index in [4.69, 9.17) is 4.98 Å². The Hall–Kier alpha value is -5.70. The second-order valence-electron chi connectivity index (χ2n) is 9.00. The fraction of sp³-hybridized carbons (Fsp3) is 0. The molecular weight excluding hydrogens is 488 g/mol. The number of aromatic amines is 2. The quantitative estimate of drug-likeness (QED) is 0.267. The predicted octanol–water partition coefficient (Wildman–Crippen LogP) is 5.88. The third kappa shape index (κ3) is 4.17. The highest BCUT2D eigenvalue weighted by Crippen LogP contribution is 2.32. The van der Waals surface area contributed by atoms with E-state index >= 15 is 0 Å². The van der Waals surface area contributed by atoms with Crippen molar-refractivity contribution in [2.45, 2.75) is 0 Å². The first-order valence-corrected chi connectivity index (χ1v) is 12.3. The summed E-state index contributed by atoms with van der Waals surface area (Å²) in [7, 11) is 0. The van der Waals surface area contributed by atoms with E-state index in [-0.39, 0.29) is 5.91 Å². The van der Waals surface area contributed by atoms with Crippen LogP contribution in [0.1, 0.15) is 10.4 Å². The second-order valence-corrected chi connectivity index (χ2v) is 9.00. The van der Waals surface area contributed by atoms with Gasteiger partial charge >= 0.3 is 0 Å². The molecule has 0 aliphatic carbocycles. The van der Waals surface area contributed by atoms with Crippen LogP contribution < -0.4 is 5.32 Å². The minimum Gasteiger partial charge on any atom is -0.337 e. The standard InChI is InChI=1S/C30H20N8O/c39-30(18-6-2-1-3-7-18)34-21-12-20(15-32-16-21)25-13-23-26(17-33-25)37-38-28(23)29-35-24-10-4-9-22(27(24)36-29)19-8-5-11-31-14-19/h1-17H,(H,34,39)(H,35,36)(H,37,38). The van der Waals surface area contributed by atoms with Crippen LogP contribution in [0, 0.1) is 0 Å². The number of amides is 1.